The Balaban J connectivity index is 0. The molecule has 0 saturated carbocycles. The van der Waals surface area contributed by atoms with E-state index in [1.165, 1.54) is 35.2 Å². The molecule has 1 N–H and O–H groups in total. The molecule has 0 aliphatic heterocycles. The first-order valence-electron chi connectivity index (χ1n) is 17.2. The molecular formula is C36H68O14. The highest BCUT2D eigenvalue weighted by molar-refractivity contribution is 5.83. The van der Waals surface area contributed by atoms with Crippen LogP contribution in [0, 0.1) is 10.8 Å². The molecule has 14 nitrogen and oxygen atoms in total. The van der Waals surface area contributed by atoms with Crippen LogP contribution in [0.25, 0.3) is 0 Å². The summed E-state index contributed by atoms with van der Waals surface area (Å²) in [6.07, 6.45) is 3.36. The Morgan fingerprint density at radius 2 is 0.920 bits per heavy atom. The van der Waals surface area contributed by atoms with Gasteiger partial charge in [-0.05, 0) is 61.3 Å². The zero-order valence-electron chi connectivity index (χ0n) is 33.2. The molecule has 0 radical (unpaired) electrons. The van der Waals surface area contributed by atoms with Gasteiger partial charge in [-0.3, -0.25) is 9.59 Å². The fourth-order valence-electron chi connectivity index (χ4n) is 4.52. The Hall–Kier alpha value is -2.36. The number of carboxylic acid groups (broad SMARTS) is 1. The van der Waals surface area contributed by atoms with Crippen LogP contribution in [0.2, 0.25) is 0 Å². The normalized spacial score (nSPS) is 16.3. The van der Waals surface area contributed by atoms with Crippen molar-refractivity contribution in [2.45, 2.75) is 118 Å². The van der Waals surface area contributed by atoms with Crippen molar-refractivity contribution in [1.29, 1.82) is 0 Å². The number of unbranched alkanes of at least 4 members (excludes halogenated alkanes) is 2. The molecule has 14 heteroatoms. The summed E-state index contributed by atoms with van der Waals surface area (Å²) >= 11 is 0. The minimum Gasteiger partial charge on any atom is -0.481 e. The molecule has 0 aromatic carbocycles. The number of ether oxygens (including phenoxy) is 9. The van der Waals surface area contributed by atoms with Crippen molar-refractivity contribution in [3.05, 3.63) is 0 Å². The Labute approximate surface area is 300 Å². The van der Waals surface area contributed by atoms with Crippen LogP contribution in [0.5, 0.6) is 0 Å². The molecule has 0 bridgehead atoms. The highest BCUT2D eigenvalue weighted by Gasteiger charge is 2.48. The van der Waals surface area contributed by atoms with Crippen molar-refractivity contribution in [2.24, 2.45) is 10.8 Å². The van der Waals surface area contributed by atoms with Gasteiger partial charge in [0.25, 0.3) is 0 Å². The van der Waals surface area contributed by atoms with Crippen LogP contribution >= 0.6 is 0 Å². The van der Waals surface area contributed by atoms with E-state index in [9.17, 15) is 24.3 Å². The molecular weight excluding hydrogens is 656 g/mol. The molecule has 0 aliphatic rings. The quantitative estimate of drug-likeness (QED) is 0.0717. The summed E-state index contributed by atoms with van der Waals surface area (Å²) in [4.78, 5) is 49.3. The largest absolute Gasteiger partial charge is 0.481 e. The van der Waals surface area contributed by atoms with Crippen molar-refractivity contribution in [2.75, 3.05) is 81.3 Å². The van der Waals surface area contributed by atoms with E-state index in [0.29, 0.717) is 33.0 Å². The summed E-state index contributed by atoms with van der Waals surface area (Å²) in [6.45, 7) is 17.8. The molecule has 4 atom stereocenters. The van der Waals surface area contributed by atoms with Crippen LogP contribution in [0.3, 0.4) is 0 Å². The number of aliphatic carboxylic acids is 1. The van der Waals surface area contributed by atoms with Crippen LogP contribution in [0.15, 0.2) is 0 Å². The topological polar surface area (TPSA) is 172 Å². The molecule has 0 heterocycles. The SMILES string of the molecule is CCCCOC(=O)C(C)(CC(C)(COCCOC)C(=O)O)OC.CCCCOC(=O)C(C)(CC(C)(COCCOC)C(=O)OC(C)(C)C)OC. The van der Waals surface area contributed by atoms with E-state index in [2.05, 4.69) is 0 Å². The summed E-state index contributed by atoms with van der Waals surface area (Å²) < 4.78 is 47.6. The van der Waals surface area contributed by atoms with Gasteiger partial charge in [-0.1, -0.05) is 26.7 Å². The van der Waals surface area contributed by atoms with Crippen molar-refractivity contribution in [3.63, 3.8) is 0 Å². The third-order valence-electron chi connectivity index (χ3n) is 7.79. The minimum atomic E-state index is -1.34. The van der Waals surface area contributed by atoms with Crippen LogP contribution in [-0.2, 0) is 61.8 Å². The van der Waals surface area contributed by atoms with E-state index in [1.807, 2.05) is 13.8 Å². The van der Waals surface area contributed by atoms with Crippen LogP contribution < -0.4 is 0 Å². The molecule has 0 rings (SSSR count). The van der Waals surface area contributed by atoms with Gasteiger partial charge >= 0.3 is 23.9 Å². The van der Waals surface area contributed by atoms with E-state index < -0.39 is 51.5 Å². The highest BCUT2D eigenvalue weighted by Crippen LogP contribution is 2.35. The number of carbonyl (C=O) groups is 4. The van der Waals surface area contributed by atoms with E-state index in [0.717, 1.165) is 25.7 Å². The maximum absolute atomic E-state index is 12.9. The molecule has 50 heavy (non-hydrogen) atoms. The second-order valence-electron chi connectivity index (χ2n) is 14.2. The number of methoxy groups -OCH3 is 4. The Kier molecular flexibility index (Phi) is 24.6. The van der Waals surface area contributed by atoms with E-state index in [4.69, 9.17) is 42.6 Å². The number of esters is 3. The molecule has 0 aromatic heterocycles. The monoisotopic (exact) mass is 724 g/mol. The van der Waals surface area contributed by atoms with E-state index >= 15 is 0 Å². The Morgan fingerprint density at radius 1 is 0.540 bits per heavy atom. The fraction of sp³-hybridized carbons (Fsp3) is 0.889. The first-order chi connectivity index (χ1) is 23.2. The third kappa shape index (κ3) is 19.3. The molecule has 0 aliphatic carbocycles. The zero-order chi connectivity index (χ0) is 39.1. The lowest BCUT2D eigenvalue weighted by atomic mass is 9.79. The van der Waals surface area contributed by atoms with Crippen molar-refractivity contribution in [1.82, 2.24) is 0 Å². The summed E-state index contributed by atoms with van der Waals surface area (Å²) in [5.41, 5.74) is -5.65. The van der Waals surface area contributed by atoms with Gasteiger partial charge in [0.1, 0.15) is 5.60 Å². The first-order valence-corrected chi connectivity index (χ1v) is 17.2. The van der Waals surface area contributed by atoms with Gasteiger partial charge in [0.2, 0.25) is 0 Å². The van der Waals surface area contributed by atoms with Crippen molar-refractivity contribution >= 4 is 23.9 Å². The minimum absolute atomic E-state index is 0.0487. The number of carbonyl (C=O) groups excluding carboxylic acids is 3. The van der Waals surface area contributed by atoms with E-state index in [-0.39, 0.29) is 32.7 Å². The second-order valence-corrected chi connectivity index (χ2v) is 14.2. The molecule has 0 aromatic rings. The van der Waals surface area contributed by atoms with Gasteiger partial charge in [-0.2, -0.15) is 0 Å². The van der Waals surface area contributed by atoms with Gasteiger partial charge in [0.15, 0.2) is 11.2 Å². The summed E-state index contributed by atoms with van der Waals surface area (Å²) in [5.74, 6) is -2.56. The summed E-state index contributed by atoms with van der Waals surface area (Å²) in [5, 5.41) is 9.52. The lowest BCUT2D eigenvalue weighted by Crippen LogP contribution is -2.49. The predicted molar refractivity (Wildman–Crippen MR) is 187 cm³/mol. The van der Waals surface area contributed by atoms with Crippen molar-refractivity contribution in [3.8, 4) is 0 Å². The highest BCUT2D eigenvalue weighted by atomic mass is 16.6. The Bertz CT molecular complexity index is 980. The van der Waals surface area contributed by atoms with Gasteiger partial charge < -0.3 is 47.7 Å². The number of rotatable bonds is 26. The molecule has 0 spiro atoms. The fourth-order valence-corrected chi connectivity index (χ4v) is 4.52. The smallest absolute Gasteiger partial charge is 0.338 e. The first kappa shape index (κ1) is 49.8. The summed E-state index contributed by atoms with van der Waals surface area (Å²) in [6, 6.07) is 0. The van der Waals surface area contributed by atoms with Gasteiger partial charge in [-0.15, -0.1) is 0 Å². The zero-order valence-corrected chi connectivity index (χ0v) is 33.2. The molecule has 4 unspecified atom stereocenters. The number of hydrogen-bond acceptors (Lipinski definition) is 13. The number of carboxylic acids is 1. The lowest BCUT2D eigenvalue weighted by Gasteiger charge is -2.37. The molecule has 0 amide bonds. The second kappa shape index (κ2) is 24.8. The van der Waals surface area contributed by atoms with Crippen LogP contribution in [0.1, 0.15) is 101 Å². The van der Waals surface area contributed by atoms with Gasteiger partial charge in [-0.25, -0.2) is 9.59 Å². The van der Waals surface area contributed by atoms with Crippen LogP contribution in [0.4, 0.5) is 0 Å². The average Bonchev–Trinajstić information content (AvgIpc) is 3.04. The molecule has 296 valence electrons. The third-order valence-corrected chi connectivity index (χ3v) is 7.79. The maximum atomic E-state index is 12.9. The maximum Gasteiger partial charge on any atom is 0.338 e. The average molecular weight is 725 g/mol. The molecule has 0 fully saturated rings. The lowest BCUT2D eigenvalue weighted by molar-refractivity contribution is -0.184. The Morgan fingerprint density at radius 3 is 1.24 bits per heavy atom. The van der Waals surface area contributed by atoms with Crippen molar-refractivity contribution < 1.29 is 66.9 Å². The van der Waals surface area contributed by atoms with E-state index in [1.54, 1.807) is 41.7 Å². The van der Waals surface area contributed by atoms with Crippen LogP contribution in [-0.4, -0.2) is 127 Å². The standard InChI is InChI=1S/C20H38O7.C16H30O7/c1-9-10-11-26-17(22)20(6,24-8)14-19(5,15-25-13-12-23-7)16(21)27-18(2,3)4;1-6-7-8-23-14(19)16(3,21-5)11-15(2,13(17)18)12-22-10-9-20-4/h9-15H2,1-8H3;6-12H2,1-5H3,(H,17,18). The van der Waals surface area contributed by atoms with Gasteiger partial charge in [0, 0.05) is 41.3 Å². The summed E-state index contributed by atoms with van der Waals surface area (Å²) in [7, 11) is 5.91. The molecule has 0 saturated heterocycles. The van der Waals surface area contributed by atoms with Gasteiger partial charge in [0.05, 0.1) is 63.7 Å². The number of hydrogen-bond donors (Lipinski definition) is 1. The predicted octanol–water partition coefficient (Wildman–Crippen LogP) is 5.01.